The molecule has 1 aromatic carbocycles. The Morgan fingerprint density at radius 1 is 1.43 bits per heavy atom. The molecule has 0 unspecified atom stereocenters. The lowest BCUT2D eigenvalue weighted by Crippen LogP contribution is -2.37. The highest BCUT2D eigenvalue weighted by atomic mass is 32.2. The highest BCUT2D eigenvalue weighted by Gasteiger charge is 2.35. The summed E-state index contributed by atoms with van der Waals surface area (Å²) in [6.07, 6.45) is 3.16. The third-order valence-corrected chi connectivity index (χ3v) is 5.91. The van der Waals surface area contributed by atoms with E-state index in [9.17, 15) is 13.5 Å². The van der Waals surface area contributed by atoms with Gasteiger partial charge in [0.15, 0.2) is 0 Å². The topological polar surface area (TPSA) is 70.5 Å². The Kier molecular flexibility index (Phi) is 3.69. The van der Waals surface area contributed by atoms with Gasteiger partial charge in [-0.25, -0.2) is 8.42 Å². The van der Waals surface area contributed by atoms with Crippen LogP contribution in [0.5, 0.6) is 0 Å². The zero-order valence-electron chi connectivity index (χ0n) is 11.9. The van der Waals surface area contributed by atoms with E-state index in [1.54, 1.807) is 18.3 Å². The lowest BCUT2D eigenvalue weighted by Gasteiger charge is -2.22. The summed E-state index contributed by atoms with van der Waals surface area (Å²) < 4.78 is 27.2. The van der Waals surface area contributed by atoms with Crippen molar-refractivity contribution in [2.75, 3.05) is 13.2 Å². The molecular weight excluding hydrogens is 288 g/mol. The van der Waals surface area contributed by atoms with Crippen molar-refractivity contribution >= 4 is 20.9 Å². The zero-order chi connectivity index (χ0) is 15.0. The average molecular weight is 306 g/mol. The Balaban J connectivity index is 2.15. The van der Waals surface area contributed by atoms with Crippen LogP contribution in [0, 0.1) is 6.92 Å². The van der Waals surface area contributed by atoms with Crippen LogP contribution in [0.25, 0.3) is 10.9 Å². The minimum atomic E-state index is -3.63. The van der Waals surface area contributed by atoms with Gasteiger partial charge in [-0.2, -0.15) is 4.31 Å². The molecule has 2 heterocycles. The standard InChI is InChI=1S/C15H18N2O3S/c1-11-8-12-4-2-6-14(15(12)16-9-11)21(19,20)17-7-3-5-13(17)10-18/h2,4,6,8-9,13,18H,3,5,7,10H2,1H3/t13-/m0/s1. The quantitative estimate of drug-likeness (QED) is 0.937. The first-order valence-electron chi connectivity index (χ1n) is 7.02. The number of aliphatic hydroxyl groups is 1. The van der Waals surface area contributed by atoms with Gasteiger partial charge in [-0.1, -0.05) is 12.1 Å². The second kappa shape index (κ2) is 5.36. The molecule has 0 aliphatic carbocycles. The summed E-state index contributed by atoms with van der Waals surface area (Å²) >= 11 is 0. The molecule has 1 fully saturated rings. The van der Waals surface area contributed by atoms with Crippen LogP contribution < -0.4 is 0 Å². The summed E-state index contributed by atoms with van der Waals surface area (Å²) in [4.78, 5) is 4.52. The van der Waals surface area contributed by atoms with Crippen molar-refractivity contribution in [3.63, 3.8) is 0 Å². The molecule has 0 amide bonds. The maximum Gasteiger partial charge on any atom is 0.245 e. The Hall–Kier alpha value is -1.50. The fourth-order valence-electron chi connectivity index (χ4n) is 2.89. The zero-order valence-corrected chi connectivity index (χ0v) is 12.7. The summed E-state index contributed by atoms with van der Waals surface area (Å²) in [5.41, 5.74) is 1.48. The van der Waals surface area contributed by atoms with Crippen LogP contribution in [-0.2, 0) is 10.0 Å². The van der Waals surface area contributed by atoms with Crippen molar-refractivity contribution in [3.05, 3.63) is 36.0 Å². The fourth-order valence-corrected chi connectivity index (χ4v) is 4.74. The normalized spacial score (nSPS) is 20.2. The van der Waals surface area contributed by atoms with Crippen LogP contribution in [0.3, 0.4) is 0 Å². The van der Waals surface area contributed by atoms with Gasteiger partial charge in [-0.15, -0.1) is 0 Å². The molecule has 1 saturated heterocycles. The molecule has 2 aromatic rings. The number of benzene rings is 1. The number of aromatic nitrogens is 1. The third-order valence-electron chi connectivity index (χ3n) is 3.93. The van der Waals surface area contributed by atoms with E-state index in [1.807, 2.05) is 19.1 Å². The van der Waals surface area contributed by atoms with Crippen LogP contribution in [-0.4, -0.2) is 42.0 Å². The van der Waals surface area contributed by atoms with E-state index in [-0.39, 0.29) is 17.5 Å². The summed E-state index contributed by atoms with van der Waals surface area (Å²) in [7, 11) is -3.63. The highest BCUT2D eigenvalue weighted by molar-refractivity contribution is 7.89. The summed E-state index contributed by atoms with van der Waals surface area (Å²) in [5, 5.41) is 10.2. The van der Waals surface area contributed by atoms with Crippen molar-refractivity contribution in [1.82, 2.24) is 9.29 Å². The van der Waals surface area contributed by atoms with Gasteiger partial charge in [-0.05, 0) is 37.5 Å². The van der Waals surface area contributed by atoms with Crippen molar-refractivity contribution in [2.24, 2.45) is 0 Å². The third kappa shape index (κ3) is 2.43. The van der Waals surface area contributed by atoms with Crippen LogP contribution >= 0.6 is 0 Å². The number of rotatable bonds is 3. The van der Waals surface area contributed by atoms with Gasteiger partial charge in [0.1, 0.15) is 4.90 Å². The van der Waals surface area contributed by atoms with E-state index in [1.165, 1.54) is 4.31 Å². The van der Waals surface area contributed by atoms with Crippen molar-refractivity contribution < 1.29 is 13.5 Å². The smallest absolute Gasteiger partial charge is 0.245 e. The molecule has 1 aliphatic heterocycles. The number of hydrogen-bond acceptors (Lipinski definition) is 4. The predicted octanol–water partition coefficient (Wildman–Crippen LogP) is 1.69. The maximum absolute atomic E-state index is 12.9. The summed E-state index contributed by atoms with van der Waals surface area (Å²) in [6.45, 7) is 2.24. The van der Waals surface area contributed by atoms with Crippen molar-refractivity contribution in [3.8, 4) is 0 Å². The second-order valence-electron chi connectivity index (χ2n) is 5.43. The number of hydrogen-bond donors (Lipinski definition) is 1. The summed E-state index contributed by atoms with van der Waals surface area (Å²) in [5.74, 6) is 0. The van der Waals surface area contributed by atoms with Gasteiger partial charge in [0, 0.05) is 24.2 Å². The van der Waals surface area contributed by atoms with Gasteiger partial charge in [-0.3, -0.25) is 4.98 Å². The van der Waals surface area contributed by atoms with Crippen LogP contribution in [0.1, 0.15) is 18.4 Å². The van der Waals surface area contributed by atoms with Gasteiger partial charge in [0.05, 0.1) is 12.1 Å². The number of nitrogens with zero attached hydrogens (tertiary/aromatic N) is 2. The first-order chi connectivity index (χ1) is 10.0. The molecule has 0 bridgehead atoms. The molecule has 1 aliphatic rings. The number of fused-ring (bicyclic) bond motifs is 1. The van der Waals surface area contributed by atoms with Crippen molar-refractivity contribution in [1.29, 1.82) is 0 Å². The highest BCUT2D eigenvalue weighted by Crippen LogP contribution is 2.29. The molecule has 1 N–H and O–H groups in total. The van der Waals surface area contributed by atoms with Crippen LogP contribution in [0.15, 0.2) is 35.4 Å². The molecule has 0 saturated carbocycles. The van der Waals surface area contributed by atoms with Crippen molar-refractivity contribution in [2.45, 2.75) is 30.7 Å². The number of para-hydroxylation sites is 1. The molecule has 1 atom stereocenters. The molecule has 5 nitrogen and oxygen atoms in total. The van der Waals surface area contributed by atoms with Crippen LogP contribution in [0.2, 0.25) is 0 Å². The second-order valence-corrected chi connectivity index (χ2v) is 7.29. The molecule has 0 spiro atoms. The van der Waals surface area contributed by atoms with E-state index in [0.29, 0.717) is 18.5 Å². The molecule has 0 radical (unpaired) electrons. The first-order valence-corrected chi connectivity index (χ1v) is 8.46. The monoisotopic (exact) mass is 306 g/mol. The van der Waals surface area contributed by atoms with Gasteiger partial charge < -0.3 is 5.11 Å². The minimum absolute atomic E-state index is 0.142. The predicted molar refractivity (Wildman–Crippen MR) is 80.5 cm³/mol. The average Bonchev–Trinajstić information content (AvgIpc) is 2.95. The lowest BCUT2D eigenvalue weighted by atomic mass is 10.2. The van der Waals surface area contributed by atoms with Gasteiger partial charge in [0.25, 0.3) is 0 Å². The molecule has 6 heteroatoms. The fraction of sp³-hybridized carbons (Fsp3) is 0.400. The Morgan fingerprint density at radius 3 is 3.00 bits per heavy atom. The largest absolute Gasteiger partial charge is 0.395 e. The minimum Gasteiger partial charge on any atom is -0.395 e. The number of aryl methyl sites for hydroxylation is 1. The Morgan fingerprint density at radius 2 is 2.24 bits per heavy atom. The molecular formula is C15H18N2O3S. The summed E-state index contributed by atoms with van der Waals surface area (Å²) in [6, 6.07) is 6.79. The number of aliphatic hydroxyl groups excluding tert-OH is 1. The van der Waals surface area contributed by atoms with E-state index in [0.717, 1.165) is 17.4 Å². The van der Waals surface area contributed by atoms with E-state index >= 15 is 0 Å². The Labute approximate surface area is 124 Å². The first kappa shape index (κ1) is 14.4. The number of pyridine rings is 1. The van der Waals surface area contributed by atoms with Gasteiger partial charge in [0.2, 0.25) is 10.0 Å². The SMILES string of the molecule is Cc1cnc2c(S(=O)(=O)N3CCC[C@H]3CO)cccc2c1. The van der Waals surface area contributed by atoms with Crippen LogP contribution in [0.4, 0.5) is 0 Å². The van der Waals surface area contributed by atoms with E-state index in [2.05, 4.69) is 4.98 Å². The lowest BCUT2D eigenvalue weighted by molar-refractivity contribution is 0.213. The van der Waals surface area contributed by atoms with E-state index < -0.39 is 10.0 Å². The Bertz CT molecular complexity index is 774. The molecule has 3 rings (SSSR count). The number of sulfonamides is 1. The molecule has 112 valence electrons. The van der Waals surface area contributed by atoms with E-state index in [4.69, 9.17) is 0 Å². The maximum atomic E-state index is 12.9. The van der Waals surface area contributed by atoms with Gasteiger partial charge >= 0.3 is 0 Å². The molecule has 21 heavy (non-hydrogen) atoms. The molecule has 1 aromatic heterocycles.